The molecule has 2 aliphatic heterocycles. The van der Waals surface area contributed by atoms with E-state index in [1.54, 1.807) is 0 Å². The van der Waals surface area contributed by atoms with E-state index >= 15 is 0 Å². The van der Waals surface area contributed by atoms with Crippen LogP contribution in [0, 0.1) is 6.20 Å². The van der Waals surface area contributed by atoms with Gasteiger partial charge in [0.25, 0.3) is 5.69 Å². The fraction of sp³-hybridized carbons (Fsp3) is 0.278. The molecule has 0 aliphatic carbocycles. The van der Waals surface area contributed by atoms with Gasteiger partial charge >= 0.3 is 0 Å². The number of rotatable bonds is 0. The van der Waals surface area contributed by atoms with E-state index in [9.17, 15) is 0 Å². The van der Waals surface area contributed by atoms with Crippen molar-refractivity contribution < 1.29 is 9.14 Å². The number of nitrogens with zero attached hydrogens (tertiary/aromatic N) is 4. The number of aromatic nitrogens is 3. The minimum Gasteiger partial charge on any atom is -0.342 e. The van der Waals surface area contributed by atoms with Crippen LogP contribution >= 0.6 is 0 Å². The molecular weight excluding hydrogens is 519 g/mol. The van der Waals surface area contributed by atoms with Gasteiger partial charge in [-0.05, 0) is 0 Å². The van der Waals surface area contributed by atoms with E-state index < -0.39 is 0 Å². The maximum atomic E-state index is 4.84. The molecule has 0 saturated heterocycles. The van der Waals surface area contributed by atoms with Crippen molar-refractivity contribution in [1.29, 1.82) is 0 Å². The van der Waals surface area contributed by atoms with Crippen molar-refractivity contribution in [1.82, 2.24) is 9.55 Å². The molecule has 4 nitrogen and oxygen atoms in total. The second-order valence-corrected chi connectivity index (χ2v) is 6.32. The molecule has 0 unspecified atom stereocenters. The smallest absolute Gasteiger partial charge is 0.255 e. The number of imidazole rings is 1. The Morgan fingerprint density at radius 1 is 1.13 bits per heavy atom. The van der Waals surface area contributed by atoms with Gasteiger partial charge in [0, 0.05) is 29.8 Å². The van der Waals surface area contributed by atoms with Gasteiger partial charge in [-0.3, -0.25) is 0 Å². The third kappa shape index (κ3) is 1.42. The molecule has 5 heteroatoms. The largest absolute Gasteiger partial charge is 0.342 e. The Hall–Kier alpha value is -3.49. The summed E-state index contributed by atoms with van der Waals surface area (Å²) in [5.41, 5.74) is 9.01. The standard InChI is InChI=1S/C18H17N4.Bk/c1-11-9-12-6-7-13-10-15-19-14-5-4-8-20(2)18(14)22(15)17(13)16(12)21(11)3;/h4-7H,9-10H2,1-3H3;/q+1;. The molecule has 23 heavy (non-hydrogen) atoms. The molecule has 4 heterocycles. The van der Waals surface area contributed by atoms with Gasteiger partial charge in [-0.15, -0.1) is 12.1 Å². The molecule has 117 valence electrons. The third-order valence-corrected chi connectivity index (χ3v) is 5.02. The van der Waals surface area contributed by atoms with Crippen molar-refractivity contribution in [3.05, 3.63) is 47.4 Å². The van der Waals surface area contributed by atoms with E-state index in [0.29, 0.717) is 0 Å². The minimum atomic E-state index is 0. The van der Waals surface area contributed by atoms with Crippen LogP contribution in [-0.2, 0) is 19.9 Å². The van der Waals surface area contributed by atoms with E-state index in [4.69, 9.17) is 4.98 Å². The molecule has 1 radical (unpaired) electrons. The normalized spacial score (nSPS) is 14.7. The van der Waals surface area contributed by atoms with Gasteiger partial charge in [-0.25, -0.2) is 9.55 Å². The zero-order valence-corrected chi connectivity index (χ0v) is 16.1. The van der Waals surface area contributed by atoms with Gasteiger partial charge in [0.2, 0.25) is 5.65 Å². The number of fused-ring (bicyclic) bond motifs is 7. The van der Waals surface area contributed by atoms with Gasteiger partial charge < -0.3 is 4.57 Å². The Morgan fingerprint density at radius 2 is 1.91 bits per heavy atom. The number of aryl methyl sites for hydroxylation is 1. The summed E-state index contributed by atoms with van der Waals surface area (Å²) >= 11 is 0. The van der Waals surface area contributed by atoms with Crippen molar-refractivity contribution in [3.63, 3.8) is 0 Å². The topological polar surface area (TPSA) is 24.7 Å². The maximum Gasteiger partial charge on any atom is 0.255 e. The molecular formula is C18H17BkN4+. The second kappa shape index (κ2) is 4.03. The Morgan fingerprint density at radius 3 is 2.74 bits per heavy atom. The van der Waals surface area contributed by atoms with Gasteiger partial charge in [0.1, 0.15) is 7.05 Å². The Labute approximate surface area is 129 Å². The van der Waals surface area contributed by atoms with E-state index in [1.807, 2.05) is 23.7 Å². The molecule has 0 atom stereocenters. The van der Waals surface area contributed by atoms with Crippen LogP contribution in [0.3, 0.4) is 0 Å². The van der Waals surface area contributed by atoms with Gasteiger partial charge in [-0.2, -0.15) is 4.58 Å². The molecule has 2 aromatic heterocycles. The Bertz CT molecular complexity index is 1010. The fourth-order valence-corrected chi connectivity index (χ4v) is 3.88. The van der Waals surface area contributed by atoms with Crippen molar-refractivity contribution >= 4 is 22.6 Å². The van der Waals surface area contributed by atoms with Crippen LogP contribution in [0.4, 0.5) is 5.69 Å². The summed E-state index contributed by atoms with van der Waals surface area (Å²) < 4.78 is 6.71. The van der Waals surface area contributed by atoms with Crippen molar-refractivity contribution in [2.24, 2.45) is 7.05 Å². The summed E-state index contributed by atoms with van der Waals surface area (Å²) in [6, 6.07) is 8.53. The van der Waals surface area contributed by atoms with E-state index in [0.717, 1.165) is 29.8 Å². The average Bonchev–Trinajstić information content (AvgIpc) is 3.10. The van der Waals surface area contributed by atoms with Crippen molar-refractivity contribution in [2.45, 2.75) is 19.8 Å². The summed E-state index contributed by atoms with van der Waals surface area (Å²) in [5, 5.41) is 0. The SMILES string of the molecule is CC1=[N+](C)c2c(ccc3c2-n2c(nc4cc[c-][n+](C)c42)C3)C1.[Bk]. The van der Waals surface area contributed by atoms with Crippen LogP contribution in [0.25, 0.3) is 16.9 Å². The first-order chi connectivity index (χ1) is 10.6. The van der Waals surface area contributed by atoms with Gasteiger partial charge in [0.05, 0.1) is 19.9 Å². The summed E-state index contributed by atoms with van der Waals surface area (Å²) in [6.07, 6.45) is 5.19. The van der Waals surface area contributed by atoms with Gasteiger partial charge in [0.15, 0.2) is 17.2 Å². The maximum absolute atomic E-state index is 4.84. The van der Waals surface area contributed by atoms with Crippen LogP contribution in [0.1, 0.15) is 23.9 Å². The summed E-state index contributed by atoms with van der Waals surface area (Å²) in [4.78, 5) is 4.84. The average molecular weight is 536 g/mol. The van der Waals surface area contributed by atoms with E-state index in [1.165, 1.54) is 28.2 Å². The summed E-state index contributed by atoms with van der Waals surface area (Å²) in [6.45, 7) is 2.21. The van der Waals surface area contributed by atoms with Crippen LogP contribution < -0.4 is 4.57 Å². The molecule has 0 fully saturated rings. The van der Waals surface area contributed by atoms with E-state index in [-0.39, 0.29) is 0 Å². The molecule has 1 aromatic carbocycles. The van der Waals surface area contributed by atoms with Crippen LogP contribution in [0.2, 0.25) is 0 Å². The molecule has 3 aromatic rings. The minimum absolute atomic E-state index is 0. The number of hydrogen-bond donors (Lipinski definition) is 0. The van der Waals surface area contributed by atoms with Crippen molar-refractivity contribution in [3.8, 4) is 5.69 Å². The Kier molecular flexibility index (Phi) is 2.31. The van der Waals surface area contributed by atoms with E-state index in [2.05, 4.69) is 41.4 Å². The fourth-order valence-electron chi connectivity index (χ4n) is 3.88. The molecule has 0 amide bonds. The van der Waals surface area contributed by atoms with Crippen LogP contribution in [0.15, 0.2) is 24.3 Å². The zero-order chi connectivity index (χ0) is 15.0. The quantitative estimate of drug-likeness (QED) is 0.249. The predicted molar refractivity (Wildman–Crippen MR) is 84.1 cm³/mol. The van der Waals surface area contributed by atoms with Crippen molar-refractivity contribution in [2.75, 3.05) is 7.05 Å². The molecule has 0 saturated carbocycles. The van der Waals surface area contributed by atoms with Gasteiger partial charge in [-0.1, -0.05) is 12.1 Å². The molecule has 5 rings (SSSR count). The number of benzene rings is 1. The molecule has 0 bridgehead atoms. The summed E-state index contributed by atoms with van der Waals surface area (Å²) in [7, 11) is 4.21. The second-order valence-electron chi connectivity index (χ2n) is 6.32. The monoisotopic (exact) mass is 536 g/mol. The molecule has 0 spiro atoms. The first-order valence-corrected chi connectivity index (χ1v) is 7.64. The number of pyridine rings is 1. The Balaban J connectivity index is 0.00000135. The third-order valence-electron chi connectivity index (χ3n) is 5.02. The van der Waals surface area contributed by atoms with Crippen LogP contribution in [-0.4, -0.2) is 26.9 Å². The zero-order valence-electron chi connectivity index (χ0n) is 13.3. The first-order valence-electron chi connectivity index (χ1n) is 7.64. The first kappa shape index (κ1) is 13.2. The summed E-state index contributed by atoms with van der Waals surface area (Å²) in [5.74, 6) is 1.13. The molecule has 0 N–H and O–H groups in total. The predicted octanol–water partition coefficient (Wildman–Crippen LogP) is 1.85. The molecule has 2 aliphatic rings. The van der Waals surface area contributed by atoms with Crippen LogP contribution in [0.5, 0.6) is 0 Å². The number of hydrogen-bond acceptors (Lipinski definition) is 1.